The number of rotatable bonds is 9. The number of nitrogens with zero attached hydrogens (tertiary/aromatic N) is 1. The van der Waals surface area contributed by atoms with Crippen molar-refractivity contribution in [3.63, 3.8) is 0 Å². The average molecular weight is 393 g/mol. The van der Waals surface area contributed by atoms with E-state index in [9.17, 15) is 18.0 Å². The summed E-state index contributed by atoms with van der Waals surface area (Å²) in [6.07, 6.45) is 1.43. The smallest absolute Gasteiger partial charge is 0.243 e. The third kappa shape index (κ3) is 5.93. The maximum absolute atomic E-state index is 13.0. The van der Waals surface area contributed by atoms with Gasteiger partial charge in [-0.15, -0.1) is 0 Å². The number of amides is 2. The van der Waals surface area contributed by atoms with E-state index >= 15 is 0 Å². The molecule has 0 spiro atoms. The second-order valence-corrected chi connectivity index (χ2v) is 7.83. The molecule has 146 valence electrons. The van der Waals surface area contributed by atoms with E-state index in [-0.39, 0.29) is 23.9 Å². The SMILES string of the molecule is CCNC(=O)CNC(=O)CN(Cc1ccco1)S(=O)(=O)c1ccc(C)cc1. The largest absolute Gasteiger partial charge is 0.468 e. The van der Waals surface area contributed by atoms with Crippen LogP contribution in [-0.2, 0) is 26.2 Å². The molecule has 27 heavy (non-hydrogen) atoms. The lowest BCUT2D eigenvalue weighted by Gasteiger charge is -2.21. The monoisotopic (exact) mass is 393 g/mol. The van der Waals surface area contributed by atoms with Crippen LogP contribution < -0.4 is 10.6 Å². The number of carbonyl (C=O) groups is 2. The molecule has 0 aliphatic rings. The van der Waals surface area contributed by atoms with E-state index in [1.807, 2.05) is 6.92 Å². The van der Waals surface area contributed by atoms with Crippen LogP contribution in [0.15, 0.2) is 52.0 Å². The van der Waals surface area contributed by atoms with Gasteiger partial charge in [0.1, 0.15) is 5.76 Å². The van der Waals surface area contributed by atoms with Gasteiger partial charge in [0.15, 0.2) is 0 Å². The zero-order valence-corrected chi connectivity index (χ0v) is 16.1. The van der Waals surface area contributed by atoms with Crippen molar-refractivity contribution in [2.45, 2.75) is 25.3 Å². The predicted octanol–water partition coefficient (Wildman–Crippen LogP) is 1.03. The number of likely N-dealkylation sites (N-methyl/N-ethyl adjacent to an activating group) is 1. The maximum Gasteiger partial charge on any atom is 0.243 e. The second-order valence-electron chi connectivity index (χ2n) is 5.90. The Balaban J connectivity index is 2.17. The van der Waals surface area contributed by atoms with Gasteiger partial charge in [-0.3, -0.25) is 9.59 Å². The van der Waals surface area contributed by atoms with Crippen LogP contribution in [0.4, 0.5) is 0 Å². The fourth-order valence-electron chi connectivity index (χ4n) is 2.32. The molecule has 0 unspecified atom stereocenters. The molecule has 0 bridgehead atoms. The number of nitrogens with one attached hydrogen (secondary N) is 2. The van der Waals surface area contributed by atoms with E-state index in [0.717, 1.165) is 9.87 Å². The summed E-state index contributed by atoms with van der Waals surface area (Å²) < 4.78 is 32.2. The first-order chi connectivity index (χ1) is 12.8. The van der Waals surface area contributed by atoms with Crippen LogP contribution in [0.2, 0.25) is 0 Å². The van der Waals surface area contributed by atoms with Crippen molar-refractivity contribution in [2.75, 3.05) is 19.6 Å². The Labute approximate surface area is 158 Å². The minimum atomic E-state index is -3.93. The van der Waals surface area contributed by atoms with Crippen molar-refractivity contribution in [1.82, 2.24) is 14.9 Å². The lowest BCUT2D eigenvalue weighted by molar-refractivity contribution is -0.126. The maximum atomic E-state index is 13.0. The lowest BCUT2D eigenvalue weighted by atomic mass is 10.2. The molecular weight excluding hydrogens is 370 g/mol. The van der Waals surface area contributed by atoms with E-state index in [1.54, 1.807) is 31.2 Å². The standard InChI is InChI=1S/C18H23N3O5S/c1-3-19-17(22)11-20-18(23)13-21(12-15-5-4-10-26-15)27(24,25)16-8-6-14(2)7-9-16/h4-10H,3,11-13H2,1-2H3,(H,19,22)(H,20,23). The highest BCUT2D eigenvalue weighted by molar-refractivity contribution is 7.89. The minimum Gasteiger partial charge on any atom is -0.468 e. The topological polar surface area (TPSA) is 109 Å². The normalized spacial score (nSPS) is 11.4. The molecular formula is C18H23N3O5S. The van der Waals surface area contributed by atoms with E-state index < -0.39 is 22.5 Å². The fourth-order valence-corrected chi connectivity index (χ4v) is 3.68. The zero-order valence-electron chi connectivity index (χ0n) is 15.3. The third-order valence-corrected chi connectivity index (χ3v) is 5.52. The van der Waals surface area contributed by atoms with Crippen LogP contribution in [0.25, 0.3) is 0 Å². The van der Waals surface area contributed by atoms with Gasteiger partial charge in [-0.1, -0.05) is 17.7 Å². The lowest BCUT2D eigenvalue weighted by Crippen LogP contribution is -2.43. The summed E-state index contributed by atoms with van der Waals surface area (Å²) >= 11 is 0. The summed E-state index contributed by atoms with van der Waals surface area (Å²) in [6, 6.07) is 9.63. The van der Waals surface area contributed by atoms with Crippen molar-refractivity contribution >= 4 is 21.8 Å². The Kier molecular flexibility index (Phi) is 7.14. The summed E-state index contributed by atoms with van der Waals surface area (Å²) in [4.78, 5) is 23.7. The fraction of sp³-hybridized carbons (Fsp3) is 0.333. The Bertz CT molecular complexity index is 861. The molecule has 8 nitrogen and oxygen atoms in total. The number of sulfonamides is 1. The molecule has 1 aromatic heterocycles. The molecule has 0 saturated heterocycles. The van der Waals surface area contributed by atoms with E-state index in [4.69, 9.17) is 4.42 Å². The second kappa shape index (κ2) is 9.33. The van der Waals surface area contributed by atoms with Gasteiger partial charge in [0.2, 0.25) is 21.8 Å². The van der Waals surface area contributed by atoms with Crippen molar-refractivity contribution < 1.29 is 22.4 Å². The average Bonchev–Trinajstić information content (AvgIpc) is 3.13. The number of carbonyl (C=O) groups excluding carboxylic acids is 2. The van der Waals surface area contributed by atoms with Crippen molar-refractivity contribution in [3.05, 3.63) is 54.0 Å². The highest BCUT2D eigenvalue weighted by atomic mass is 32.2. The molecule has 0 aliphatic heterocycles. The summed E-state index contributed by atoms with van der Waals surface area (Å²) in [6.45, 7) is 3.31. The molecule has 1 aromatic carbocycles. The van der Waals surface area contributed by atoms with Crippen LogP contribution in [0.1, 0.15) is 18.2 Å². The summed E-state index contributed by atoms with van der Waals surface area (Å²) in [5.74, 6) is -0.518. The Morgan fingerprint density at radius 2 is 1.78 bits per heavy atom. The Morgan fingerprint density at radius 1 is 1.07 bits per heavy atom. The minimum absolute atomic E-state index is 0.0798. The highest BCUT2D eigenvalue weighted by Gasteiger charge is 2.27. The summed E-state index contributed by atoms with van der Waals surface area (Å²) in [5, 5.41) is 4.97. The van der Waals surface area contributed by atoms with Crippen LogP contribution >= 0.6 is 0 Å². The molecule has 1 heterocycles. The number of furan rings is 1. The van der Waals surface area contributed by atoms with Gasteiger partial charge in [0.05, 0.1) is 30.8 Å². The first kappa shape index (κ1) is 20.7. The Hall–Kier alpha value is -2.65. The molecule has 9 heteroatoms. The molecule has 2 aromatic rings. The van der Waals surface area contributed by atoms with Gasteiger partial charge in [-0.05, 0) is 38.1 Å². The third-order valence-electron chi connectivity index (χ3n) is 3.71. The first-order valence-corrected chi connectivity index (χ1v) is 9.89. The number of benzene rings is 1. The quantitative estimate of drug-likeness (QED) is 0.661. The number of hydrogen-bond acceptors (Lipinski definition) is 5. The van der Waals surface area contributed by atoms with Crippen molar-refractivity contribution in [2.24, 2.45) is 0 Å². The molecule has 0 fully saturated rings. The van der Waals surface area contributed by atoms with Gasteiger partial charge >= 0.3 is 0 Å². The molecule has 2 rings (SSSR count). The van der Waals surface area contributed by atoms with Gasteiger partial charge in [0, 0.05) is 6.54 Å². The van der Waals surface area contributed by atoms with Gasteiger partial charge < -0.3 is 15.1 Å². The molecule has 0 atom stereocenters. The summed E-state index contributed by atoms with van der Waals surface area (Å²) in [5.41, 5.74) is 0.922. The number of aryl methyl sites for hydroxylation is 1. The van der Waals surface area contributed by atoms with Crippen molar-refractivity contribution in [3.8, 4) is 0 Å². The molecule has 0 saturated carbocycles. The van der Waals surface area contributed by atoms with Gasteiger partial charge in [-0.25, -0.2) is 8.42 Å². The van der Waals surface area contributed by atoms with Crippen molar-refractivity contribution in [1.29, 1.82) is 0 Å². The predicted molar refractivity (Wildman–Crippen MR) is 99.2 cm³/mol. The molecule has 2 N–H and O–H groups in total. The first-order valence-electron chi connectivity index (χ1n) is 8.45. The summed E-state index contributed by atoms with van der Waals surface area (Å²) in [7, 11) is -3.93. The van der Waals surface area contributed by atoms with E-state index in [1.165, 1.54) is 18.4 Å². The Morgan fingerprint density at radius 3 is 2.37 bits per heavy atom. The van der Waals surface area contributed by atoms with E-state index in [2.05, 4.69) is 10.6 Å². The van der Waals surface area contributed by atoms with Gasteiger partial charge in [-0.2, -0.15) is 4.31 Å². The highest BCUT2D eigenvalue weighted by Crippen LogP contribution is 2.19. The number of hydrogen-bond donors (Lipinski definition) is 2. The van der Waals surface area contributed by atoms with Crippen LogP contribution in [0, 0.1) is 6.92 Å². The van der Waals surface area contributed by atoms with Gasteiger partial charge in [0.25, 0.3) is 0 Å². The molecule has 0 radical (unpaired) electrons. The zero-order chi connectivity index (χ0) is 19.9. The van der Waals surface area contributed by atoms with Crippen LogP contribution in [0.5, 0.6) is 0 Å². The molecule has 2 amide bonds. The van der Waals surface area contributed by atoms with E-state index in [0.29, 0.717) is 12.3 Å². The van der Waals surface area contributed by atoms with Crippen LogP contribution in [-0.4, -0.2) is 44.2 Å². The molecule has 0 aliphatic carbocycles. The van der Waals surface area contributed by atoms with Crippen LogP contribution in [0.3, 0.4) is 0 Å².